The Morgan fingerprint density at radius 1 is 1.22 bits per heavy atom. The van der Waals surface area contributed by atoms with Gasteiger partial charge in [0.15, 0.2) is 0 Å². The van der Waals surface area contributed by atoms with Gasteiger partial charge in [0.2, 0.25) is 0 Å². The molecule has 0 N–H and O–H groups in total. The molecule has 0 saturated carbocycles. The molecule has 0 aliphatic carbocycles. The largest absolute Gasteiger partial charge is 0.368 e. The zero-order valence-corrected chi connectivity index (χ0v) is 13.4. The highest BCUT2D eigenvalue weighted by Crippen LogP contribution is 2.27. The number of nitrogens with zero attached hydrogens (tertiary/aromatic N) is 2. The minimum atomic E-state index is 0.609. The molecule has 1 aliphatic rings. The first kappa shape index (κ1) is 13.9. The first-order valence-corrected chi connectivity index (χ1v) is 7.77. The van der Waals surface area contributed by atoms with Crippen molar-refractivity contribution in [3.8, 4) is 0 Å². The van der Waals surface area contributed by atoms with Gasteiger partial charge in [-0.2, -0.15) is 0 Å². The van der Waals surface area contributed by atoms with Crippen LogP contribution in [0.25, 0.3) is 0 Å². The Morgan fingerprint density at radius 3 is 2.39 bits per heavy atom. The predicted molar refractivity (Wildman–Crippen MR) is 82.7 cm³/mol. The highest BCUT2D eigenvalue weighted by molar-refractivity contribution is 9.08. The van der Waals surface area contributed by atoms with E-state index in [1.165, 1.54) is 16.8 Å². The molecule has 1 fully saturated rings. The highest BCUT2D eigenvalue weighted by atomic mass is 79.9. The van der Waals surface area contributed by atoms with E-state index < -0.39 is 0 Å². The second-order valence-corrected chi connectivity index (χ2v) is 6.10. The van der Waals surface area contributed by atoms with Crippen molar-refractivity contribution in [2.24, 2.45) is 0 Å². The summed E-state index contributed by atoms with van der Waals surface area (Å²) in [4.78, 5) is 5.00. The van der Waals surface area contributed by atoms with Gasteiger partial charge in [-0.15, -0.1) is 0 Å². The Labute approximate surface area is 119 Å². The summed E-state index contributed by atoms with van der Waals surface area (Å²) in [6.45, 7) is 9.01. The number of piperazine rings is 1. The van der Waals surface area contributed by atoms with Gasteiger partial charge in [0.05, 0.1) is 0 Å². The van der Waals surface area contributed by atoms with E-state index in [0.717, 1.165) is 18.4 Å². The van der Waals surface area contributed by atoms with Crippen molar-refractivity contribution in [3.63, 3.8) is 0 Å². The highest BCUT2D eigenvalue weighted by Gasteiger charge is 2.27. The Balaban J connectivity index is 2.26. The molecule has 2 rings (SSSR count). The summed E-state index contributed by atoms with van der Waals surface area (Å²) in [6, 6.07) is 8.00. The Hall–Kier alpha value is -0.540. The van der Waals surface area contributed by atoms with E-state index in [2.05, 4.69) is 71.7 Å². The normalized spacial score (nSPS) is 25.5. The molecule has 0 spiro atoms. The molecule has 1 saturated heterocycles. The van der Waals surface area contributed by atoms with E-state index in [1.807, 2.05) is 0 Å². The van der Waals surface area contributed by atoms with Crippen LogP contribution in [0, 0.1) is 6.92 Å². The molecule has 3 heteroatoms. The van der Waals surface area contributed by atoms with Crippen molar-refractivity contribution in [2.45, 2.75) is 38.2 Å². The fourth-order valence-corrected chi connectivity index (χ4v) is 3.18. The van der Waals surface area contributed by atoms with Crippen LogP contribution in [-0.2, 0) is 5.33 Å². The molecule has 2 atom stereocenters. The standard InChI is InChI=1S/C15H23BrN2/c1-11-5-6-15(14(7-11)8-16)18-9-12(2)17(4)13(3)10-18/h5-7,12-13H,8-10H2,1-4H3. The number of anilines is 1. The smallest absolute Gasteiger partial charge is 0.0408 e. The minimum Gasteiger partial charge on any atom is -0.368 e. The summed E-state index contributed by atoms with van der Waals surface area (Å²) in [5.74, 6) is 0. The van der Waals surface area contributed by atoms with Gasteiger partial charge in [-0.05, 0) is 39.4 Å². The molecule has 2 unspecified atom stereocenters. The van der Waals surface area contributed by atoms with Crippen molar-refractivity contribution >= 4 is 21.6 Å². The third-order valence-corrected chi connectivity index (χ3v) is 4.68. The van der Waals surface area contributed by atoms with Crippen LogP contribution in [-0.4, -0.2) is 37.1 Å². The topological polar surface area (TPSA) is 6.48 Å². The summed E-state index contributed by atoms with van der Waals surface area (Å²) in [7, 11) is 2.23. The fourth-order valence-electron chi connectivity index (χ4n) is 2.73. The molecule has 18 heavy (non-hydrogen) atoms. The molecule has 0 bridgehead atoms. The van der Waals surface area contributed by atoms with E-state index >= 15 is 0 Å². The lowest BCUT2D eigenvalue weighted by molar-refractivity contribution is 0.170. The molecule has 0 radical (unpaired) electrons. The maximum atomic E-state index is 3.61. The lowest BCUT2D eigenvalue weighted by atomic mass is 10.0. The first-order valence-electron chi connectivity index (χ1n) is 6.65. The summed E-state index contributed by atoms with van der Waals surface area (Å²) in [5.41, 5.74) is 4.13. The van der Waals surface area contributed by atoms with Gasteiger partial charge < -0.3 is 4.90 Å². The number of likely N-dealkylation sites (N-methyl/N-ethyl adjacent to an activating group) is 1. The number of hydrogen-bond acceptors (Lipinski definition) is 2. The van der Waals surface area contributed by atoms with E-state index in [-0.39, 0.29) is 0 Å². The molecule has 1 aromatic rings. The average Bonchev–Trinajstić information content (AvgIpc) is 2.35. The summed E-state index contributed by atoms with van der Waals surface area (Å²) < 4.78 is 0. The van der Waals surface area contributed by atoms with Crippen LogP contribution in [0.4, 0.5) is 5.69 Å². The molecular formula is C15H23BrN2. The number of halogens is 1. The molecule has 1 aromatic carbocycles. The second kappa shape index (κ2) is 5.62. The lowest BCUT2D eigenvalue weighted by Crippen LogP contribution is -2.55. The maximum Gasteiger partial charge on any atom is 0.0408 e. The minimum absolute atomic E-state index is 0.609. The van der Waals surface area contributed by atoms with Crippen molar-refractivity contribution in [3.05, 3.63) is 29.3 Å². The second-order valence-electron chi connectivity index (χ2n) is 5.53. The van der Waals surface area contributed by atoms with Crippen LogP contribution in [0.15, 0.2) is 18.2 Å². The van der Waals surface area contributed by atoms with Gasteiger partial charge in [-0.25, -0.2) is 0 Å². The zero-order chi connectivity index (χ0) is 13.3. The van der Waals surface area contributed by atoms with Gasteiger partial charge in [-0.3, -0.25) is 4.90 Å². The molecular weight excluding hydrogens is 288 g/mol. The molecule has 0 aromatic heterocycles. The summed E-state index contributed by atoms with van der Waals surface area (Å²) in [5, 5.41) is 0.930. The number of aryl methyl sites for hydroxylation is 1. The molecule has 0 amide bonds. The van der Waals surface area contributed by atoms with Gasteiger partial charge in [0.1, 0.15) is 0 Å². The molecule has 1 aliphatic heterocycles. The maximum absolute atomic E-state index is 3.61. The van der Waals surface area contributed by atoms with Crippen molar-refractivity contribution in [1.29, 1.82) is 0 Å². The van der Waals surface area contributed by atoms with Crippen LogP contribution in [0.3, 0.4) is 0 Å². The Bertz CT molecular complexity index is 407. The summed E-state index contributed by atoms with van der Waals surface area (Å²) in [6.07, 6.45) is 0. The Morgan fingerprint density at radius 2 is 1.83 bits per heavy atom. The average molecular weight is 311 g/mol. The van der Waals surface area contributed by atoms with Gasteiger partial charge in [0, 0.05) is 36.2 Å². The Kier molecular flexibility index (Phi) is 4.33. The number of hydrogen-bond donors (Lipinski definition) is 0. The van der Waals surface area contributed by atoms with Gasteiger partial charge in [-0.1, -0.05) is 33.6 Å². The zero-order valence-electron chi connectivity index (χ0n) is 11.8. The quantitative estimate of drug-likeness (QED) is 0.772. The monoisotopic (exact) mass is 310 g/mol. The van der Waals surface area contributed by atoms with Crippen LogP contribution in [0.2, 0.25) is 0 Å². The van der Waals surface area contributed by atoms with E-state index in [4.69, 9.17) is 0 Å². The van der Waals surface area contributed by atoms with Crippen molar-refractivity contribution in [1.82, 2.24) is 4.90 Å². The van der Waals surface area contributed by atoms with Crippen LogP contribution in [0.1, 0.15) is 25.0 Å². The van der Waals surface area contributed by atoms with Crippen molar-refractivity contribution < 1.29 is 0 Å². The molecule has 2 nitrogen and oxygen atoms in total. The third-order valence-electron chi connectivity index (χ3n) is 4.08. The fraction of sp³-hybridized carbons (Fsp3) is 0.600. The number of alkyl halides is 1. The van der Waals surface area contributed by atoms with E-state index in [9.17, 15) is 0 Å². The molecule has 100 valence electrons. The van der Waals surface area contributed by atoms with Crippen LogP contribution in [0.5, 0.6) is 0 Å². The van der Waals surface area contributed by atoms with Crippen LogP contribution < -0.4 is 4.90 Å². The number of rotatable bonds is 2. The van der Waals surface area contributed by atoms with E-state index in [1.54, 1.807) is 0 Å². The SMILES string of the molecule is Cc1ccc(N2CC(C)N(C)C(C)C2)c(CBr)c1. The third kappa shape index (κ3) is 2.72. The van der Waals surface area contributed by atoms with E-state index in [0.29, 0.717) is 12.1 Å². The molecule has 1 heterocycles. The van der Waals surface area contributed by atoms with Gasteiger partial charge in [0.25, 0.3) is 0 Å². The number of benzene rings is 1. The van der Waals surface area contributed by atoms with Gasteiger partial charge >= 0.3 is 0 Å². The summed E-state index contributed by atoms with van der Waals surface area (Å²) >= 11 is 3.61. The predicted octanol–water partition coefficient (Wildman–Crippen LogP) is 3.42. The van der Waals surface area contributed by atoms with Crippen LogP contribution >= 0.6 is 15.9 Å². The lowest BCUT2D eigenvalue weighted by Gasteiger charge is -2.44. The first-order chi connectivity index (χ1) is 8.52. The van der Waals surface area contributed by atoms with Crippen molar-refractivity contribution in [2.75, 3.05) is 25.0 Å².